The molecule has 42 heavy (non-hydrogen) atoms. The van der Waals surface area contributed by atoms with Crippen molar-refractivity contribution in [3.05, 3.63) is 93.5 Å². The Morgan fingerprint density at radius 3 is 2.12 bits per heavy atom. The van der Waals surface area contributed by atoms with Crippen LogP contribution in [0.4, 0.5) is 5.69 Å². The summed E-state index contributed by atoms with van der Waals surface area (Å²) in [6.07, 6.45) is 5.06. The highest BCUT2D eigenvalue weighted by atomic mass is 35.5. The Kier molecular flexibility index (Phi) is 10.6. The monoisotopic (exact) mass is 629 g/mol. The predicted octanol–water partition coefficient (Wildman–Crippen LogP) is 6.67. The highest BCUT2D eigenvalue weighted by Crippen LogP contribution is 2.35. The summed E-state index contributed by atoms with van der Waals surface area (Å²) in [5.41, 5.74) is 2.85. The molecule has 0 unspecified atom stereocenters. The number of carbonyl (C=O) groups is 2. The number of amides is 2. The van der Waals surface area contributed by atoms with E-state index in [1.165, 1.54) is 23.1 Å². The Labute approximate surface area is 258 Å². The first-order valence-electron chi connectivity index (χ1n) is 14.2. The van der Waals surface area contributed by atoms with Crippen molar-refractivity contribution >= 4 is 50.7 Å². The summed E-state index contributed by atoms with van der Waals surface area (Å²) in [6.45, 7) is 5.04. The van der Waals surface area contributed by atoms with Crippen LogP contribution in [0.1, 0.15) is 55.7 Å². The predicted molar refractivity (Wildman–Crippen MR) is 168 cm³/mol. The fraction of sp³-hybridized carbons (Fsp3) is 0.375. The third-order valence-electron chi connectivity index (χ3n) is 7.68. The SMILES string of the molecule is Cc1ccc(CN(C(=O)CN(c2cccc(Cl)c2Cl)S(=O)(=O)c2ccc(C)cc2)[C@H](C)C(=O)NC2CCCCC2)cc1. The van der Waals surface area contributed by atoms with E-state index >= 15 is 0 Å². The zero-order valence-corrected chi connectivity index (χ0v) is 26.5. The van der Waals surface area contributed by atoms with Gasteiger partial charge in [-0.3, -0.25) is 13.9 Å². The number of aryl methyl sites for hydroxylation is 2. The molecule has 2 amide bonds. The Morgan fingerprint density at radius 1 is 0.905 bits per heavy atom. The summed E-state index contributed by atoms with van der Waals surface area (Å²) >= 11 is 12.8. The van der Waals surface area contributed by atoms with E-state index in [9.17, 15) is 18.0 Å². The molecule has 0 aromatic heterocycles. The van der Waals surface area contributed by atoms with Gasteiger partial charge < -0.3 is 10.2 Å². The molecule has 1 aliphatic carbocycles. The number of carbonyl (C=O) groups excluding carboxylic acids is 2. The molecule has 10 heteroatoms. The maximum atomic E-state index is 14.1. The van der Waals surface area contributed by atoms with Crippen LogP contribution in [0.25, 0.3) is 0 Å². The van der Waals surface area contributed by atoms with E-state index in [1.54, 1.807) is 31.2 Å². The molecule has 0 bridgehead atoms. The zero-order chi connectivity index (χ0) is 30.4. The Balaban J connectivity index is 1.70. The molecule has 0 radical (unpaired) electrons. The number of hydrogen-bond donors (Lipinski definition) is 1. The van der Waals surface area contributed by atoms with Gasteiger partial charge in [0, 0.05) is 12.6 Å². The van der Waals surface area contributed by atoms with Gasteiger partial charge in [0.2, 0.25) is 11.8 Å². The molecule has 4 rings (SSSR count). The first-order chi connectivity index (χ1) is 20.0. The van der Waals surface area contributed by atoms with E-state index in [4.69, 9.17) is 23.2 Å². The smallest absolute Gasteiger partial charge is 0.264 e. The minimum absolute atomic E-state index is 0.00474. The minimum atomic E-state index is -4.24. The number of nitrogens with one attached hydrogen (secondary N) is 1. The van der Waals surface area contributed by atoms with Crippen LogP contribution in [-0.2, 0) is 26.2 Å². The second kappa shape index (κ2) is 13.9. The number of benzene rings is 3. The first kappa shape index (κ1) is 31.9. The van der Waals surface area contributed by atoms with Crippen molar-refractivity contribution in [1.29, 1.82) is 0 Å². The largest absolute Gasteiger partial charge is 0.352 e. The van der Waals surface area contributed by atoms with Gasteiger partial charge in [0.15, 0.2) is 0 Å². The van der Waals surface area contributed by atoms with Crippen molar-refractivity contribution in [2.24, 2.45) is 0 Å². The van der Waals surface area contributed by atoms with Gasteiger partial charge in [-0.2, -0.15) is 0 Å². The second-order valence-corrected chi connectivity index (χ2v) is 13.6. The third-order valence-corrected chi connectivity index (χ3v) is 10.3. The highest BCUT2D eigenvalue weighted by Gasteiger charge is 2.34. The summed E-state index contributed by atoms with van der Waals surface area (Å²) < 4.78 is 29.0. The summed E-state index contributed by atoms with van der Waals surface area (Å²) in [5.74, 6) is -0.815. The standard InChI is InChI=1S/C32H37Cl2N3O4S/c1-22-12-16-25(17-13-22)20-36(24(3)32(39)35-26-8-5-4-6-9-26)30(38)21-37(29-11-7-10-28(33)31(29)34)42(40,41)27-18-14-23(2)15-19-27/h7,10-19,24,26H,4-6,8-9,20-21H2,1-3H3,(H,35,39)/t24-/m1/s1. The van der Waals surface area contributed by atoms with Crippen LogP contribution in [0, 0.1) is 13.8 Å². The molecule has 224 valence electrons. The lowest BCUT2D eigenvalue weighted by molar-refractivity contribution is -0.139. The molecule has 7 nitrogen and oxygen atoms in total. The number of nitrogens with zero attached hydrogens (tertiary/aromatic N) is 2. The number of anilines is 1. The van der Waals surface area contributed by atoms with Crippen LogP contribution >= 0.6 is 23.2 Å². The van der Waals surface area contributed by atoms with Gasteiger partial charge in [-0.15, -0.1) is 0 Å². The van der Waals surface area contributed by atoms with Crippen LogP contribution in [0.15, 0.2) is 71.6 Å². The average Bonchev–Trinajstić information content (AvgIpc) is 2.97. The molecule has 1 aliphatic rings. The lowest BCUT2D eigenvalue weighted by atomic mass is 9.95. The Morgan fingerprint density at radius 2 is 1.50 bits per heavy atom. The minimum Gasteiger partial charge on any atom is -0.352 e. The second-order valence-electron chi connectivity index (χ2n) is 10.9. The molecule has 1 fully saturated rings. The first-order valence-corrected chi connectivity index (χ1v) is 16.4. The fourth-order valence-corrected chi connectivity index (χ4v) is 6.95. The van der Waals surface area contributed by atoms with Crippen molar-refractivity contribution < 1.29 is 18.0 Å². The Bertz CT molecular complexity index is 1510. The van der Waals surface area contributed by atoms with E-state index in [0.29, 0.717) is 0 Å². The van der Waals surface area contributed by atoms with E-state index in [0.717, 1.165) is 53.1 Å². The molecule has 1 atom stereocenters. The molecular weight excluding hydrogens is 593 g/mol. The maximum Gasteiger partial charge on any atom is 0.264 e. The average molecular weight is 631 g/mol. The quantitative estimate of drug-likeness (QED) is 0.271. The molecule has 0 saturated heterocycles. The molecule has 3 aromatic rings. The number of halogens is 2. The normalized spacial score (nSPS) is 14.7. The van der Waals surface area contributed by atoms with Crippen LogP contribution in [0.3, 0.4) is 0 Å². The fourth-order valence-electron chi connectivity index (χ4n) is 5.08. The van der Waals surface area contributed by atoms with Gasteiger partial charge >= 0.3 is 0 Å². The van der Waals surface area contributed by atoms with Crippen molar-refractivity contribution in [2.75, 3.05) is 10.8 Å². The van der Waals surface area contributed by atoms with Crippen molar-refractivity contribution in [1.82, 2.24) is 10.2 Å². The van der Waals surface area contributed by atoms with E-state index < -0.39 is 28.5 Å². The lowest BCUT2D eigenvalue weighted by Gasteiger charge is -2.33. The molecular formula is C32H37Cl2N3O4S. The highest BCUT2D eigenvalue weighted by molar-refractivity contribution is 7.92. The number of sulfonamides is 1. The molecule has 0 spiro atoms. The Hall–Kier alpha value is -3.07. The summed E-state index contributed by atoms with van der Waals surface area (Å²) in [7, 11) is -4.24. The van der Waals surface area contributed by atoms with Crippen LogP contribution in [0.5, 0.6) is 0 Å². The number of rotatable bonds is 10. The van der Waals surface area contributed by atoms with Crippen LogP contribution in [0.2, 0.25) is 10.0 Å². The molecule has 3 aromatic carbocycles. The zero-order valence-electron chi connectivity index (χ0n) is 24.1. The molecule has 1 saturated carbocycles. The maximum absolute atomic E-state index is 14.1. The van der Waals surface area contributed by atoms with Gasteiger partial charge in [-0.25, -0.2) is 8.42 Å². The van der Waals surface area contributed by atoms with Crippen LogP contribution in [-0.4, -0.2) is 43.8 Å². The number of hydrogen-bond acceptors (Lipinski definition) is 4. The van der Waals surface area contributed by atoms with E-state index in [-0.39, 0.29) is 39.1 Å². The topological polar surface area (TPSA) is 86.8 Å². The molecule has 0 aliphatic heterocycles. The molecule has 0 heterocycles. The van der Waals surface area contributed by atoms with E-state index in [2.05, 4.69) is 5.32 Å². The summed E-state index contributed by atoms with van der Waals surface area (Å²) in [6, 6.07) is 17.9. The van der Waals surface area contributed by atoms with Crippen molar-refractivity contribution in [2.45, 2.75) is 76.4 Å². The van der Waals surface area contributed by atoms with Crippen molar-refractivity contribution in [3.63, 3.8) is 0 Å². The van der Waals surface area contributed by atoms with Crippen LogP contribution < -0.4 is 9.62 Å². The van der Waals surface area contributed by atoms with Gasteiger partial charge in [0.05, 0.1) is 20.6 Å². The third kappa shape index (κ3) is 7.65. The van der Waals surface area contributed by atoms with Gasteiger partial charge in [0.25, 0.3) is 10.0 Å². The lowest BCUT2D eigenvalue weighted by Crippen LogP contribution is -2.53. The summed E-state index contributed by atoms with van der Waals surface area (Å²) in [5, 5.41) is 3.27. The van der Waals surface area contributed by atoms with Crippen molar-refractivity contribution in [3.8, 4) is 0 Å². The van der Waals surface area contributed by atoms with Gasteiger partial charge in [-0.05, 0) is 63.4 Å². The van der Waals surface area contributed by atoms with Gasteiger partial charge in [-0.1, -0.05) is 96.1 Å². The summed E-state index contributed by atoms with van der Waals surface area (Å²) in [4.78, 5) is 29.0. The molecule has 1 N–H and O–H groups in total. The van der Waals surface area contributed by atoms with E-state index in [1.807, 2.05) is 38.1 Å². The van der Waals surface area contributed by atoms with Gasteiger partial charge in [0.1, 0.15) is 12.6 Å².